The second kappa shape index (κ2) is 10.2. The highest BCUT2D eigenvalue weighted by Crippen LogP contribution is 2.29. The number of nitrogens with two attached hydrogens (primary N) is 1. The van der Waals surface area contributed by atoms with Gasteiger partial charge in [-0.05, 0) is 36.9 Å². The molecule has 3 rings (SSSR count). The lowest BCUT2D eigenvalue weighted by atomic mass is 9.84. The Balaban J connectivity index is 0.00000243. The maximum absolute atomic E-state index is 12.3. The molecule has 0 spiro atoms. The third-order valence-electron chi connectivity index (χ3n) is 4.89. The molecule has 0 aliphatic heterocycles. The molecule has 3 N–H and O–H groups in total. The number of carbonyl (C=O) groups excluding carboxylic acids is 1. The normalized spacial score (nSPS) is 19.3. The molecule has 0 saturated heterocycles. The zero-order chi connectivity index (χ0) is 17.5. The fraction of sp³-hybridized carbons (Fsp3) is 0.381. The van der Waals surface area contributed by atoms with E-state index in [4.69, 9.17) is 10.5 Å². The smallest absolute Gasteiger partial charge is 0.258 e. The van der Waals surface area contributed by atoms with Crippen molar-refractivity contribution in [2.24, 2.45) is 11.7 Å². The van der Waals surface area contributed by atoms with Gasteiger partial charge in [-0.2, -0.15) is 0 Å². The van der Waals surface area contributed by atoms with E-state index in [1.807, 2.05) is 54.6 Å². The minimum atomic E-state index is -0.0757. The number of halogens is 1. The molecule has 1 amide bonds. The minimum absolute atomic E-state index is 0. The lowest BCUT2D eigenvalue weighted by molar-refractivity contribution is -0.124. The van der Waals surface area contributed by atoms with Crippen molar-refractivity contribution in [3.05, 3.63) is 54.6 Å². The fourth-order valence-electron chi connectivity index (χ4n) is 3.52. The summed E-state index contributed by atoms with van der Waals surface area (Å²) in [6.07, 6.45) is 4.46. The van der Waals surface area contributed by atoms with Crippen molar-refractivity contribution in [2.75, 3.05) is 13.2 Å². The van der Waals surface area contributed by atoms with Crippen LogP contribution in [0.4, 0.5) is 0 Å². The van der Waals surface area contributed by atoms with Crippen LogP contribution in [0.2, 0.25) is 0 Å². The Hall–Kier alpha value is -2.04. The van der Waals surface area contributed by atoms with Gasteiger partial charge in [0.05, 0.1) is 0 Å². The predicted octanol–water partition coefficient (Wildman–Crippen LogP) is 3.79. The van der Waals surface area contributed by atoms with Crippen LogP contribution in [0.5, 0.6) is 5.75 Å². The van der Waals surface area contributed by atoms with Crippen molar-refractivity contribution in [1.29, 1.82) is 0 Å². The summed E-state index contributed by atoms with van der Waals surface area (Å²) in [5.41, 5.74) is 7.91. The Morgan fingerprint density at radius 2 is 1.73 bits per heavy atom. The van der Waals surface area contributed by atoms with Gasteiger partial charge >= 0.3 is 0 Å². The summed E-state index contributed by atoms with van der Waals surface area (Å²) in [4.78, 5) is 12.3. The molecule has 26 heavy (non-hydrogen) atoms. The Labute approximate surface area is 161 Å². The molecule has 140 valence electrons. The number of rotatable bonds is 6. The van der Waals surface area contributed by atoms with Gasteiger partial charge in [0.2, 0.25) is 0 Å². The molecule has 0 bridgehead atoms. The van der Waals surface area contributed by atoms with Gasteiger partial charge in [-0.3, -0.25) is 4.79 Å². The summed E-state index contributed by atoms with van der Waals surface area (Å²) in [7, 11) is 0. The molecule has 2 atom stereocenters. The summed E-state index contributed by atoms with van der Waals surface area (Å²) >= 11 is 0. The van der Waals surface area contributed by atoms with E-state index in [1.54, 1.807) is 0 Å². The van der Waals surface area contributed by atoms with E-state index in [-0.39, 0.29) is 31.0 Å². The molecule has 2 unspecified atom stereocenters. The average molecular weight is 375 g/mol. The number of ether oxygens (including phenoxy) is 1. The van der Waals surface area contributed by atoms with Crippen molar-refractivity contribution in [1.82, 2.24) is 5.32 Å². The monoisotopic (exact) mass is 374 g/mol. The summed E-state index contributed by atoms with van der Waals surface area (Å²) in [5, 5.41) is 3.11. The highest BCUT2D eigenvalue weighted by molar-refractivity contribution is 5.85. The van der Waals surface area contributed by atoms with E-state index in [2.05, 4.69) is 5.32 Å². The first kappa shape index (κ1) is 20.3. The molecule has 1 saturated carbocycles. The van der Waals surface area contributed by atoms with Gasteiger partial charge < -0.3 is 15.8 Å². The van der Waals surface area contributed by atoms with Crippen molar-refractivity contribution < 1.29 is 9.53 Å². The molecular formula is C21H27ClN2O2. The zero-order valence-electron chi connectivity index (χ0n) is 14.9. The van der Waals surface area contributed by atoms with Crippen LogP contribution >= 0.6 is 12.4 Å². The van der Waals surface area contributed by atoms with Crippen LogP contribution in [0.1, 0.15) is 25.7 Å². The van der Waals surface area contributed by atoms with E-state index in [0.29, 0.717) is 12.5 Å². The van der Waals surface area contributed by atoms with Gasteiger partial charge in [-0.15, -0.1) is 12.4 Å². The lowest BCUT2D eigenvalue weighted by Gasteiger charge is -2.31. The first-order chi connectivity index (χ1) is 12.3. The Kier molecular flexibility index (Phi) is 7.95. The Bertz CT molecular complexity index is 693. The maximum atomic E-state index is 12.3. The third-order valence-corrected chi connectivity index (χ3v) is 4.89. The van der Waals surface area contributed by atoms with E-state index < -0.39 is 0 Å². The first-order valence-corrected chi connectivity index (χ1v) is 9.04. The van der Waals surface area contributed by atoms with Crippen molar-refractivity contribution in [2.45, 2.75) is 31.7 Å². The van der Waals surface area contributed by atoms with Crippen molar-refractivity contribution in [3.63, 3.8) is 0 Å². The number of amides is 1. The van der Waals surface area contributed by atoms with E-state index in [0.717, 1.165) is 36.1 Å². The fourth-order valence-corrected chi connectivity index (χ4v) is 3.52. The number of carbonyl (C=O) groups is 1. The molecule has 2 aromatic carbocycles. The molecule has 2 aromatic rings. The number of nitrogens with one attached hydrogen (secondary N) is 1. The van der Waals surface area contributed by atoms with E-state index in [9.17, 15) is 4.79 Å². The molecule has 1 aliphatic carbocycles. The third kappa shape index (κ3) is 5.23. The number of para-hydroxylation sites is 1. The highest BCUT2D eigenvalue weighted by atomic mass is 35.5. The second-order valence-corrected chi connectivity index (χ2v) is 6.61. The van der Waals surface area contributed by atoms with Gasteiger partial charge in [-0.1, -0.05) is 61.4 Å². The SMILES string of the molecule is Cl.NCC1CCCCC1NC(=O)COc1ccccc1-c1ccccc1. The van der Waals surface area contributed by atoms with Gasteiger partial charge in [0.1, 0.15) is 5.75 Å². The van der Waals surface area contributed by atoms with Gasteiger partial charge in [-0.25, -0.2) is 0 Å². The average Bonchev–Trinajstić information content (AvgIpc) is 2.68. The van der Waals surface area contributed by atoms with Crippen LogP contribution in [0.3, 0.4) is 0 Å². The molecule has 5 heteroatoms. The number of benzene rings is 2. The second-order valence-electron chi connectivity index (χ2n) is 6.61. The van der Waals surface area contributed by atoms with E-state index in [1.165, 1.54) is 6.42 Å². The number of hydrogen-bond acceptors (Lipinski definition) is 3. The highest BCUT2D eigenvalue weighted by Gasteiger charge is 2.25. The van der Waals surface area contributed by atoms with Gasteiger partial charge in [0.15, 0.2) is 6.61 Å². The van der Waals surface area contributed by atoms with Gasteiger partial charge in [0.25, 0.3) is 5.91 Å². The summed E-state index contributed by atoms with van der Waals surface area (Å²) in [5.74, 6) is 1.03. The zero-order valence-corrected chi connectivity index (χ0v) is 15.7. The first-order valence-electron chi connectivity index (χ1n) is 9.04. The van der Waals surface area contributed by atoms with Crippen molar-refractivity contribution >= 4 is 18.3 Å². The van der Waals surface area contributed by atoms with Crippen LogP contribution in [0.15, 0.2) is 54.6 Å². The summed E-state index contributed by atoms with van der Waals surface area (Å²) in [6.45, 7) is 0.653. The van der Waals surface area contributed by atoms with Crippen LogP contribution in [-0.4, -0.2) is 25.1 Å². The molecule has 1 fully saturated rings. The Morgan fingerprint density at radius 1 is 1.04 bits per heavy atom. The van der Waals surface area contributed by atoms with Crippen molar-refractivity contribution in [3.8, 4) is 16.9 Å². The quantitative estimate of drug-likeness (QED) is 0.808. The largest absolute Gasteiger partial charge is 0.483 e. The van der Waals surface area contributed by atoms with Crippen LogP contribution in [-0.2, 0) is 4.79 Å². The van der Waals surface area contributed by atoms with Crippen LogP contribution in [0.25, 0.3) is 11.1 Å². The summed E-state index contributed by atoms with van der Waals surface area (Å²) in [6, 6.07) is 18.0. The van der Waals surface area contributed by atoms with E-state index >= 15 is 0 Å². The van der Waals surface area contributed by atoms with Crippen LogP contribution in [0, 0.1) is 5.92 Å². The Morgan fingerprint density at radius 3 is 2.50 bits per heavy atom. The van der Waals surface area contributed by atoms with Gasteiger partial charge in [0, 0.05) is 11.6 Å². The molecule has 4 nitrogen and oxygen atoms in total. The maximum Gasteiger partial charge on any atom is 0.258 e. The predicted molar refractivity (Wildman–Crippen MR) is 108 cm³/mol. The molecule has 0 heterocycles. The topological polar surface area (TPSA) is 64.3 Å². The lowest BCUT2D eigenvalue weighted by Crippen LogP contribution is -2.46. The standard InChI is InChI=1S/C21H26N2O2.ClH/c22-14-17-10-4-6-12-19(17)23-21(24)15-25-20-13-7-5-11-18(20)16-8-2-1-3-9-16;/h1-3,5,7-9,11,13,17,19H,4,6,10,12,14-15,22H2,(H,23,24);1H. The molecule has 0 aromatic heterocycles. The minimum Gasteiger partial charge on any atom is -0.483 e. The molecule has 1 aliphatic rings. The summed E-state index contributed by atoms with van der Waals surface area (Å²) < 4.78 is 5.82. The number of hydrogen-bond donors (Lipinski definition) is 2. The molecular weight excluding hydrogens is 348 g/mol. The molecule has 0 radical (unpaired) electrons. The van der Waals surface area contributed by atoms with Crippen LogP contribution < -0.4 is 15.8 Å².